The number of rotatable bonds is 1. The number of pyridine rings is 1. The number of hydrogen-bond acceptors (Lipinski definition) is 3. The van der Waals surface area contributed by atoms with Crippen LogP contribution in [0.25, 0.3) is 0 Å². The first-order valence-corrected chi connectivity index (χ1v) is 3.22. The number of nitriles is 1. The molecule has 0 radical (unpaired) electrons. The van der Waals surface area contributed by atoms with Crippen molar-refractivity contribution in [1.82, 2.24) is 0 Å². The minimum absolute atomic E-state index is 0.0669. The van der Waals surface area contributed by atoms with Gasteiger partial charge in [-0.1, -0.05) is 0 Å². The van der Waals surface area contributed by atoms with Gasteiger partial charge in [-0.15, -0.1) is 0 Å². The molecule has 5 nitrogen and oxygen atoms in total. The zero-order valence-corrected chi connectivity index (χ0v) is 6.37. The Balaban J connectivity index is 3.26. The van der Waals surface area contributed by atoms with E-state index < -0.39 is 4.92 Å². The maximum atomic E-state index is 10.3. The number of nitrogens with zero attached hydrogens (tertiary/aromatic N) is 2. The quantitative estimate of drug-likeness (QED) is 0.450. The highest BCUT2D eigenvalue weighted by Crippen LogP contribution is 2.10. The van der Waals surface area contributed by atoms with Gasteiger partial charge in [0.05, 0.1) is 17.1 Å². The van der Waals surface area contributed by atoms with Crippen LogP contribution >= 0.6 is 0 Å². The van der Waals surface area contributed by atoms with Crippen molar-refractivity contribution < 1.29 is 9.91 Å². The number of H-pyrrole nitrogens is 1. The van der Waals surface area contributed by atoms with Crippen LogP contribution in [0.4, 0.5) is 5.69 Å². The Kier molecular flexibility index (Phi) is 2.01. The molecule has 0 saturated heterocycles. The standard InChI is InChI=1S/C7H5N3O2/c1-5-2-7(10(11)12)3-6(4-8)9-5/h2-3H,1H3/p+1. The minimum Gasteiger partial charge on any atom is -0.258 e. The molecular weight excluding hydrogens is 158 g/mol. The fraction of sp³-hybridized carbons (Fsp3) is 0.143. The Hall–Kier alpha value is -1.96. The lowest BCUT2D eigenvalue weighted by molar-refractivity contribution is -0.405. The van der Waals surface area contributed by atoms with Crippen molar-refractivity contribution in [2.45, 2.75) is 6.92 Å². The van der Waals surface area contributed by atoms with E-state index in [4.69, 9.17) is 5.26 Å². The third-order valence-corrected chi connectivity index (χ3v) is 1.32. The summed E-state index contributed by atoms with van der Waals surface area (Å²) in [4.78, 5) is 12.5. The molecule has 0 spiro atoms. The number of nitrogens with one attached hydrogen (secondary N) is 1. The molecule has 0 aliphatic rings. The molecule has 60 valence electrons. The van der Waals surface area contributed by atoms with E-state index in [9.17, 15) is 10.1 Å². The zero-order valence-electron chi connectivity index (χ0n) is 6.37. The van der Waals surface area contributed by atoms with Gasteiger partial charge in [-0.05, 0) is 0 Å². The van der Waals surface area contributed by atoms with Crippen molar-refractivity contribution >= 4 is 5.69 Å². The van der Waals surface area contributed by atoms with Gasteiger partial charge in [-0.25, -0.2) is 0 Å². The van der Waals surface area contributed by atoms with Crippen LogP contribution in [0, 0.1) is 28.4 Å². The Labute approximate surface area is 68.4 Å². The van der Waals surface area contributed by atoms with Crippen LogP contribution in [-0.4, -0.2) is 4.92 Å². The number of aromatic nitrogens is 1. The number of hydrogen-bond donors (Lipinski definition) is 0. The summed E-state index contributed by atoms with van der Waals surface area (Å²) >= 11 is 0. The van der Waals surface area contributed by atoms with Crippen LogP contribution in [0.1, 0.15) is 11.4 Å². The fourth-order valence-corrected chi connectivity index (χ4v) is 0.862. The third kappa shape index (κ3) is 1.55. The summed E-state index contributed by atoms with van der Waals surface area (Å²) < 4.78 is 0. The predicted octanol–water partition coefficient (Wildman–Crippen LogP) is 0.589. The highest BCUT2D eigenvalue weighted by atomic mass is 16.6. The van der Waals surface area contributed by atoms with Crippen molar-refractivity contribution in [3.05, 3.63) is 33.6 Å². The molecule has 0 aromatic carbocycles. The molecule has 0 atom stereocenters. The maximum absolute atomic E-state index is 10.3. The van der Waals surface area contributed by atoms with E-state index in [0.717, 1.165) is 0 Å². The number of nitro groups is 1. The third-order valence-electron chi connectivity index (χ3n) is 1.32. The van der Waals surface area contributed by atoms with Crippen molar-refractivity contribution in [3.8, 4) is 6.07 Å². The highest BCUT2D eigenvalue weighted by molar-refractivity contribution is 5.33. The van der Waals surface area contributed by atoms with Crippen molar-refractivity contribution in [1.29, 1.82) is 5.26 Å². The van der Waals surface area contributed by atoms with Gasteiger partial charge < -0.3 is 0 Å². The summed E-state index contributed by atoms with van der Waals surface area (Å²) in [5.74, 6) is 0. The van der Waals surface area contributed by atoms with E-state index in [1.54, 1.807) is 13.0 Å². The first kappa shape index (κ1) is 8.14. The summed E-state index contributed by atoms with van der Waals surface area (Å²) in [7, 11) is 0. The van der Waals surface area contributed by atoms with E-state index in [2.05, 4.69) is 4.98 Å². The van der Waals surface area contributed by atoms with Gasteiger partial charge in [0.15, 0.2) is 11.8 Å². The van der Waals surface area contributed by atoms with Crippen molar-refractivity contribution in [2.24, 2.45) is 0 Å². The zero-order chi connectivity index (χ0) is 9.14. The first-order chi connectivity index (χ1) is 5.63. The molecule has 1 heterocycles. The van der Waals surface area contributed by atoms with E-state index in [1.807, 2.05) is 0 Å². The Bertz CT molecular complexity index is 367. The molecule has 0 unspecified atom stereocenters. The lowest BCUT2D eigenvalue weighted by Gasteiger charge is -1.88. The van der Waals surface area contributed by atoms with Crippen molar-refractivity contribution in [2.75, 3.05) is 0 Å². The molecule has 1 N–H and O–H groups in total. The molecule has 12 heavy (non-hydrogen) atoms. The molecule has 0 saturated carbocycles. The summed E-state index contributed by atoms with van der Waals surface area (Å²) in [5.41, 5.74) is 0.727. The molecule has 5 heteroatoms. The van der Waals surface area contributed by atoms with Crippen LogP contribution in [0.2, 0.25) is 0 Å². The molecule has 0 bridgehead atoms. The highest BCUT2D eigenvalue weighted by Gasteiger charge is 2.12. The largest absolute Gasteiger partial charge is 0.288 e. The van der Waals surface area contributed by atoms with Crippen LogP contribution < -0.4 is 4.98 Å². The average molecular weight is 164 g/mol. The fourth-order valence-electron chi connectivity index (χ4n) is 0.862. The molecule has 0 fully saturated rings. The summed E-state index contributed by atoms with van der Waals surface area (Å²) in [6.07, 6.45) is 0. The summed E-state index contributed by atoms with van der Waals surface area (Å²) in [6.45, 7) is 1.66. The smallest absolute Gasteiger partial charge is 0.258 e. The maximum Gasteiger partial charge on any atom is 0.288 e. The van der Waals surface area contributed by atoms with Crippen LogP contribution in [0.5, 0.6) is 0 Å². The van der Waals surface area contributed by atoms with E-state index in [0.29, 0.717) is 5.69 Å². The van der Waals surface area contributed by atoms with E-state index in [-0.39, 0.29) is 11.4 Å². The first-order valence-electron chi connectivity index (χ1n) is 3.22. The van der Waals surface area contributed by atoms with Gasteiger partial charge in [0.2, 0.25) is 0 Å². The predicted molar refractivity (Wildman–Crippen MR) is 39.1 cm³/mol. The molecular formula is C7H6N3O2+. The van der Waals surface area contributed by atoms with Gasteiger partial charge >= 0.3 is 0 Å². The van der Waals surface area contributed by atoms with Gasteiger partial charge in [0.1, 0.15) is 0 Å². The SMILES string of the molecule is Cc1cc([N+](=O)[O-])cc(C#N)[nH+]1. The molecule has 1 aromatic rings. The van der Waals surface area contributed by atoms with Gasteiger partial charge in [0.25, 0.3) is 11.4 Å². The summed E-state index contributed by atoms with van der Waals surface area (Å²) in [6, 6.07) is 4.38. The van der Waals surface area contributed by atoms with E-state index >= 15 is 0 Å². The van der Waals surface area contributed by atoms with Crippen LogP contribution in [0.3, 0.4) is 0 Å². The van der Waals surface area contributed by atoms with Gasteiger partial charge in [-0.2, -0.15) is 10.2 Å². The van der Waals surface area contributed by atoms with Crippen LogP contribution in [-0.2, 0) is 0 Å². The lowest BCUT2D eigenvalue weighted by Crippen LogP contribution is -2.12. The normalized spacial score (nSPS) is 9.00. The molecule has 1 rings (SSSR count). The number of aryl methyl sites for hydroxylation is 1. The molecule has 0 aliphatic carbocycles. The molecule has 0 aliphatic heterocycles. The second-order valence-corrected chi connectivity index (χ2v) is 2.30. The summed E-state index contributed by atoms with van der Waals surface area (Å²) in [5, 5.41) is 18.8. The topological polar surface area (TPSA) is 81.1 Å². The second kappa shape index (κ2) is 2.96. The van der Waals surface area contributed by atoms with Gasteiger partial charge in [-0.3, -0.25) is 10.1 Å². The molecule has 0 amide bonds. The minimum atomic E-state index is -0.526. The Morgan fingerprint density at radius 3 is 2.83 bits per heavy atom. The van der Waals surface area contributed by atoms with Gasteiger partial charge in [0, 0.05) is 6.92 Å². The number of aromatic amines is 1. The van der Waals surface area contributed by atoms with Crippen molar-refractivity contribution in [3.63, 3.8) is 0 Å². The molecule has 1 aromatic heterocycles. The van der Waals surface area contributed by atoms with E-state index in [1.165, 1.54) is 12.1 Å². The monoisotopic (exact) mass is 164 g/mol. The Morgan fingerprint density at radius 1 is 1.67 bits per heavy atom. The van der Waals surface area contributed by atoms with Crippen LogP contribution in [0.15, 0.2) is 12.1 Å². The second-order valence-electron chi connectivity index (χ2n) is 2.30. The lowest BCUT2D eigenvalue weighted by atomic mass is 10.3. The Morgan fingerprint density at radius 2 is 2.33 bits per heavy atom. The average Bonchev–Trinajstić information content (AvgIpc) is 2.03.